The maximum Gasteiger partial charge on any atom is 0.282 e. The molecule has 0 N–H and O–H groups in total. The Balaban J connectivity index is 1.85. The molecular weight excluding hydrogens is 336 g/mol. The summed E-state index contributed by atoms with van der Waals surface area (Å²) in [6.07, 6.45) is 1.74. The number of hydrogen-bond donors (Lipinski definition) is 0. The molecule has 0 amide bonds. The lowest BCUT2D eigenvalue weighted by Crippen LogP contribution is -2.51. The van der Waals surface area contributed by atoms with Gasteiger partial charge in [-0.2, -0.15) is 17.0 Å². The van der Waals surface area contributed by atoms with Crippen molar-refractivity contribution < 1.29 is 17.9 Å². The lowest BCUT2D eigenvalue weighted by Gasteiger charge is -2.36. The Kier molecular flexibility index (Phi) is 6.04. The fraction of sp³-hybridized carbons (Fsp3) is 1.00. The van der Waals surface area contributed by atoms with E-state index >= 15 is 0 Å². The summed E-state index contributed by atoms with van der Waals surface area (Å²) in [6, 6.07) is 0. The molecule has 0 aromatic rings. The molecule has 19 heavy (non-hydrogen) atoms. The molecule has 2 rings (SSSR count). The van der Waals surface area contributed by atoms with E-state index in [0.717, 1.165) is 18.2 Å². The van der Waals surface area contributed by atoms with Crippen LogP contribution >= 0.6 is 15.9 Å². The summed E-state index contributed by atoms with van der Waals surface area (Å²) >= 11 is 3.32. The van der Waals surface area contributed by atoms with Crippen LogP contribution in [0.2, 0.25) is 0 Å². The first-order valence-corrected chi connectivity index (χ1v) is 9.17. The van der Waals surface area contributed by atoms with Gasteiger partial charge in [0.15, 0.2) is 0 Å². The molecule has 0 bridgehead atoms. The Hall–Kier alpha value is 0.270. The number of halogens is 1. The van der Waals surface area contributed by atoms with Gasteiger partial charge in [0.1, 0.15) is 0 Å². The third kappa shape index (κ3) is 4.12. The standard InChI is InChI=1S/C11H21BrN2O4S/c12-3-8-18-11-1-4-13(5-2-11)19(15,16)14-6-9-17-10-7-14/h11H,1-10H2. The minimum Gasteiger partial charge on any atom is -0.379 e. The second-order valence-electron chi connectivity index (χ2n) is 4.68. The molecule has 2 fully saturated rings. The van der Waals surface area contributed by atoms with Gasteiger partial charge in [0.25, 0.3) is 10.2 Å². The third-order valence-electron chi connectivity index (χ3n) is 3.45. The number of hydrogen-bond acceptors (Lipinski definition) is 4. The summed E-state index contributed by atoms with van der Waals surface area (Å²) in [5.74, 6) is 0. The third-order valence-corrected chi connectivity index (χ3v) is 5.81. The lowest BCUT2D eigenvalue weighted by molar-refractivity contribution is 0.0279. The smallest absolute Gasteiger partial charge is 0.282 e. The largest absolute Gasteiger partial charge is 0.379 e. The van der Waals surface area contributed by atoms with E-state index in [0.29, 0.717) is 46.0 Å². The molecule has 0 aromatic carbocycles. The van der Waals surface area contributed by atoms with Crippen molar-refractivity contribution in [3.8, 4) is 0 Å². The van der Waals surface area contributed by atoms with Crippen LogP contribution in [-0.4, -0.2) is 74.5 Å². The number of nitrogens with zero attached hydrogens (tertiary/aromatic N) is 2. The molecule has 2 aliphatic heterocycles. The molecule has 0 spiro atoms. The normalized spacial score (nSPS) is 24.7. The predicted octanol–water partition coefficient (Wildman–Crippen LogP) is 0.439. The Morgan fingerprint density at radius 2 is 1.68 bits per heavy atom. The van der Waals surface area contributed by atoms with Gasteiger partial charge in [0.05, 0.1) is 25.9 Å². The molecule has 8 heteroatoms. The van der Waals surface area contributed by atoms with Gasteiger partial charge < -0.3 is 9.47 Å². The zero-order chi connectivity index (χ0) is 13.7. The van der Waals surface area contributed by atoms with Crippen LogP contribution in [0.25, 0.3) is 0 Å². The van der Waals surface area contributed by atoms with Crippen molar-refractivity contribution in [1.82, 2.24) is 8.61 Å². The number of ether oxygens (including phenoxy) is 2. The van der Waals surface area contributed by atoms with Crippen molar-refractivity contribution in [3.05, 3.63) is 0 Å². The van der Waals surface area contributed by atoms with E-state index in [2.05, 4.69) is 15.9 Å². The van der Waals surface area contributed by atoms with E-state index in [1.54, 1.807) is 4.31 Å². The Morgan fingerprint density at radius 1 is 1.11 bits per heavy atom. The second kappa shape index (κ2) is 7.33. The lowest BCUT2D eigenvalue weighted by atomic mass is 10.1. The molecule has 2 heterocycles. The molecular formula is C11H21BrN2O4S. The van der Waals surface area contributed by atoms with Crippen LogP contribution in [0.3, 0.4) is 0 Å². The quantitative estimate of drug-likeness (QED) is 0.670. The molecule has 2 aliphatic rings. The van der Waals surface area contributed by atoms with E-state index in [-0.39, 0.29) is 6.10 Å². The number of rotatable bonds is 5. The van der Waals surface area contributed by atoms with Crippen molar-refractivity contribution in [3.63, 3.8) is 0 Å². The number of alkyl halides is 1. The topological polar surface area (TPSA) is 59.1 Å². The summed E-state index contributed by atoms with van der Waals surface area (Å²) in [7, 11) is -3.31. The van der Waals surface area contributed by atoms with E-state index in [1.807, 2.05) is 0 Å². The van der Waals surface area contributed by atoms with Crippen LogP contribution in [0.1, 0.15) is 12.8 Å². The number of morpholine rings is 1. The van der Waals surface area contributed by atoms with Gasteiger partial charge in [0.2, 0.25) is 0 Å². The first kappa shape index (κ1) is 15.7. The SMILES string of the molecule is O=S(=O)(N1CCOCC1)N1CCC(OCCBr)CC1. The van der Waals surface area contributed by atoms with Gasteiger partial charge in [-0.15, -0.1) is 0 Å². The average molecular weight is 357 g/mol. The summed E-state index contributed by atoms with van der Waals surface area (Å²) < 4.78 is 38.7. The number of piperidine rings is 1. The van der Waals surface area contributed by atoms with Crippen molar-refractivity contribution in [2.75, 3.05) is 51.3 Å². The van der Waals surface area contributed by atoms with Gasteiger partial charge >= 0.3 is 0 Å². The van der Waals surface area contributed by atoms with Crippen LogP contribution in [0.4, 0.5) is 0 Å². The Labute approximate surface area is 123 Å². The van der Waals surface area contributed by atoms with Crippen LogP contribution < -0.4 is 0 Å². The van der Waals surface area contributed by atoms with Crippen molar-refractivity contribution in [2.24, 2.45) is 0 Å². The van der Waals surface area contributed by atoms with Crippen LogP contribution in [0.5, 0.6) is 0 Å². The molecule has 0 unspecified atom stereocenters. The van der Waals surface area contributed by atoms with Crippen molar-refractivity contribution >= 4 is 26.1 Å². The van der Waals surface area contributed by atoms with E-state index in [9.17, 15) is 8.42 Å². The summed E-state index contributed by atoms with van der Waals surface area (Å²) in [5.41, 5.74) is 0. The van der Waals surface area contributed by atoms with E-state index < -0.39 is 10.2 Å². The minimum absolute atomic E-state index is 0.189. The maximum absolute atomic E-state index is 12.4. The predicted molar refractivity (Wildman–Crippen MR) is 75.7 cm³/mol. The second-order valence-corrected chi connectivity index (χ2v) is 7.40. The first-order valence-electron chi connectivity index (χ1n) is 6.65. The van der Waals surface area contributed by atoms with Crippen molar-refractivity contribution in [2.45, 2.75) is 18.9 Å². The van der Waals surface area contributed by atoms with Crippen LogP contribution in [-0.2, 0) is 19.7 Å². The highest BCUT2D eigenvalue weighted by molar-refractivity contribution is 9.09. The zero-order valence-electron chi connectivity index (χ0n) is 11.0. The highest BCUT2D eigenvalue weighted by atomic mass is 79.9. The first-order chi connectivity index (χ1) is 9.14. The van der Waals surface area contributed by atoms with Crippen LogP contribution in [0.15, 0.2) is 0 Å². The van der Waals surface area contributed by atoms with Crippen LogP contribution in [0, 0.1) is 0 Å². The fourth-order valence-corrected chi connectivity index (χ4v) is 4.18. The summed E-state index contributed by atoms with van der Waals surface area (Å²) in [5, 5.41) is 0.819. The molecule has 0 atom stereocenters. The molecule has 112 valence electrons. The van der Waals surface area contributed by atoms with Gasteiger partial charge in [-0.3, -0.25) is 0 Å². The Morgan fingerprint density at radius 3 is 2.26 bits per heavy atom. The molecule has 0 aliphatic carbocycles. The van der Waals surface area contributed by atoms with E-state index in [1.165, 1.54) is 4.31 Å². The maximum atomic E-state index is 12.4. The zero-order valence-corrected chi connectivity index (χ0v) is 13.4. The highest BCUT2D eigenvalue weighted by Gasteiger charge is 2.33. The van der Waals surface area contributed by atoms with E-state index in [4.69, 9.17) is 9.47 Å². The summed E-state index contributed by atoms with van der Waals surface area (Å²) in [6.45, 7) is 3.68. The van der Waals surface area contributed by atoms with Crippen molar-refractivity contribution in [1.29, 1.82) is 0 Å². The fourth-order valence-electron chi connectivity index (χ4n) is 2.38. The Bertz CT molecular complexity index is 365. The van der Waals surface area contributed by atoms with Gasteiger partial charge in [-0.1, -0.05) is 15.9 Å². The van der Waals surface area contributed by atoms with Gasteiger partial charge in [-0.25, -0.2) is 0 Å². The molecule has 2 saturated heterocycles. The molecule has 0 aromatic heterocycles. The highest BCUT2D eigenvalue weighted by Crippen LogP contribution is 2.19. The minimum atomic E-state index is -3.31. The molecule has 0 radical (unpaired) electrons. The molecule has 6 nitrogen and oxygen atoms in total. The summed E-state index contributed by atoms with van der Waals surface area (Å²) in [4.78, 5) is 0. The average Bonchev–Trinajstić information content (AvgIpc) is 2.46. The molecule has 0 saturated carbocycles. The monoisotopic (exact) mass is 356 g/mol. The van der Waals surface area contributed by atoms with Gasteiger partial charge in [-0.05, 0) is 12.8 Å². The van der Waals surface area contributed by atoms with Gasteiger partial charge in [0, 0.05) is 31.5 Å².